The van der Waals surface area contributed by atoms with E-state index < -0.39 is 6.17 Å². The van der Waals surface area contributed by atoms with E-state index in [0.717, 1.165) is 44.5 Å². The van der Waals surface area contributed by atoms with Gasteiger partial charge in [-0.2, -0.15) is 0 Å². The van der Waals surface area contributed by atoms with Gasteiger partial charge in [0.15, 0.2) is 0 Å². The van der Waals surface area contributed by atoms with Gasteiger partial charge in [0.2, 0.25) is 0 Å². The van der Waals surface area contributed by atoms with E-state index in [1.807, 2.05) is 0 Å². The van der Waals surface area contributed by atoms with Gasteiger partial charge in [0.05, 0.1) is 11.3 Å². The number of amides is 1. The zero-order valence-electron chi connectivity index (χ0n) is 15.5. The van der Waals surface area contributed by atoms with Crippen LogP contribution in [-0.2, 0) is 4.79 Å². The number of nitrogens with zero attached hydrogens (tertiary/aromatic N) is 2. The van der Waals surface area contributed by atoms with Gasteiger partial charge in [-0.3, -0.25) is 9.80 Å². The van der Waals surface area contributed by atoms with Crippen molar-refractivity contribution in [2.45, 2.75) is 44.8 Å². The van der Waals surface area contributed by atoms with Crippen LogP contribution in [0.5, 0.6) is 0 Å². The molecule has 0 aromatic rings. The molecule has 2 fully saturated rings. The van der Waals surface area contributed by atoms with Crippen LogP contribution in [0.1, 0.15) is 32.6 Å². The van der Waals surface area contributed by atoms with E-state index in [-0.39, 0.29) is 11.9 Å². The van der Waals surface area contributed by atoms with Crippen LogP contribution < -0.4 is 16.5 Å². The maximum atomic E-state index is 14.1. The molecule has 1 saturated heterocycles. The number of carbonyl (C=O) groups is 1. The van der Waals surface area contributed by atoms with Crippen molar-refractivity contribution in [1.82, 2.24) is 20.5 Å². The molecule has 1 aliphatic carbocycles. The number of hydrazine groups is 1. The van der Waals surface area contributed by atoms with Gasteiger partial charge in [-0.1, -0.05) is 12.7 Å². The summed E-state index contributed by atoms with van der Waals surface area (Å²) in [7, 11) is 2.08. The van der Waals surface area contributed by atoms with Gasteiger partial charge < -0.3 is 15.5 Å². The van der Waals surface area contributed by atoms with E-state index >= 15 is 0 Å². The summed E-state index contributed by atoms with van der Waals surface area (Å²) in [4.78, 5) is 15.1. The second-order valence-corrected chi connectivity index (χ2v) is 7.21. The first-order chi connectivity index (χ1) is 12.4. The molecule has 1 atom stereocenters. The van der Waals surface area contributed by atoms with Crippen molar-refractivity contribution in [2.75, 3.05) is 20.1 Å². The minimum Gasteiger partial charge on any atom is -0.349 e. The highest BCUT2D eigenvalue weighted by Gasteiger charge is 2.30. The largest absolute Gasteiger partial charge is 0.349 e. The lowest BCUT2D eigenvalue weighted by Crippen LogP contribution is -2.47. The molecule has 0 radical (unpaired) electrons. The average molecular weight is 361 g/mol. The number of nitrogens with two attached hydrogens (primary N) is 1. The van der Waals surface area contributed by atoms with Crippen molar-refractivity contribution in [2.24, 2.45) is 5.84 Å². The van der Waals surface area contributed by atoms with E-state index in [1.165, 1.54) is 23.6 Å². The number of alkyl halides is 1. The Morgan fingerprint density at radius 2 is 2.12 bits per heavy atom. The molecule has 7 heteroatoms. The number of allylic oxidation sites excluding steroid dienone is 3. The van der Waals surface area contributed by atoms with Gasteiger partial charge in [0.25, 0.3) is 5.91 Å². The Kier molecular flexibility index (Phi) is 5.48. The summed E-state index contributed by atoms with van der Waals surface area (Å²) in [5.74, 6) is 6.26. The van der Waals surface area contributed by atoms with Crippen LogP contribution in [0.15, 0.2) is 47.1 Å². The molecule has 6 nitrogen and oxygen atoms in total. The third-order valence-electron chi connectivity index (χ3n) is 5.11. The number of likely N-dealkylation sites (tertiary alicyclic amines) is 1. The molecule has 2 heterocycles. The van der Waals surface area contributed by atoms with Gasteiger partial charge in [0, 0.05) is 11.7 Å². The first kappa shape index (κ1) is 18.7. The highest BCUT2D eigenvalue weighted by molar-refractivity contribution is 5.97. The van der Waals surface area contributed by atoms with Crippen LogP contribution in [0.25, 0.3) is 0 Å². The summed E-state index contributed by atoms with van der Waals surface area (Å²) in [6.07, 6.45) is 5.74. The van der Waals surface area contributed by atoms with Crippen molar-refractivity contribution in [3.8, 4) is 0 Å². The molecule has 2 aliphatic heterocycles. The smallest absolute Gasteiger partial charge is 0.255 e. The molecule has 26 heavy (non-hydrogen) atoms. The van der Waals surface area contributed by atoms with Crippen LogP contribution in [0, 0.1) is 0 Å². The van der Waals surface area contributed by atoms with Crippen molar-refractivity contribution < 1.29 is 9.18 Å². The first-order valence-corrected chi connectivity index (χ1v) is 9.16. The highest BCUT2D eigenvalue weighted by Crippen LogP contribution is 2.35. The monoisotopic (exact) mass is 361 g/mol. The fourth-order valence-electron chi connectivity index (χ4n) is 3.31. The summed E-state index contributed by atoms with van der Waals surface area (Å²) < 4.78 is 14.1. The molecular formula is C19H28FN5O. The third-order valence-corrected chi connectivity index (χ3v) is 5.11. The van der Waals surface area contributed by atoms with E-state index in [2.05, 4.69) is 29.2 Å². The molecule has 4 N–H and O–H groups in total. The zero-order valence-corrected chi connectivity index (χ0v) is 15.5. The number of carbonyl (C=O) groups excluding carboxylic acids is 1. The second-order valence-electron chi connectivity index (χ2n) is 7.21. The van der Waals surface area contributed by atoms with Crippen LogP contribution in [0.3, 0.4) is 0 Å². The number of halogens is 1. The maximum absolute atomic E-state index is 14.1. The van der Waals surface area contributed by atoms with E-state index in [1.54, 1.807) is 6.08 Å². The molecule has 0 aromatic heterocycles. The van der Waals surface area contributed by atoms with Crippen LogP contribution >= 0.6 is 0 Å². The Labute approximate surface area is 154 Å². The standard InChI is InChI=1S/C19H28FN5O/c1-4-15(19(26)22-14-7-9-24(3)10-8-14)18-23-16(13-5-6-13)11-17(12(2)20)25(18)21/h4,11-12,14,23H,1,5-10,21H2,2-3H3,(H,22,26)/b18-15+. The van der Waals surface area contributed by atoms with Gasteiger partial charge in [0.1, 0.15) is 12.0 Å². The molecule has 0 aromatic carbocycles. The minimum absolute atomic E-state index is 0.125. The second kappa shape index (κ2) is 7.63. The Hall–Kier alpha value is -2.12. The van der Waals surface area contributed by atoms with Crippen molar-refractivity contribution in [3.63, 3.8) is 0 Å². The van der Waals surface area contributed by atoms with Crippen LogP contribution in [0.2, 0.25) is 0 Å². The summed E-state index contributed by atoms with van der Waals surface area (Å²) in [5, 5.41) is 7.49. The van der Waals surface area contributed by atoms with Crippen molar-refractivity contribution in [1.29, 1.82) is 0 Å². The summed E-state index contributed by atoms with van der Waals surface area (Å²) in [5.41, 5.74) is 2.72. The quantitative estimate of drug-likeness (QED) is 0.525. The Bertz CT molecular complexity index is 680. The first-order valence-electron chi connectivity index (χ1n) is 9.16. The zero-order chi connectivity index (χ0) is 18.8. The highest BCUT2D eigenvalue weighted by atomic mass is 19.1. The van der Waals surface area contributed by atoms with Gasteiger partial charge in [-0.15, -0.1) is 0 Å². The van der Waals surface area contributed by atoms with Crippen LogP contribution in [0.4, 0.5) is 4.39 Å². The number of hydrogen-bond donors (Lipinski definition) is 3. The van der Waals surface area contributed by atoms with Gasteiger partial charge in [-0.05, 0) is 64.4 Å². The normalized spacial score (nSPS) is 24.6. The summed E-state index contributed by atoms with van der Waals surface area (Å²) in [6.45, 7) is 7.12. The summed E-state index contributed by atoms with van der Waals surface area (Å²) >= 11 is 0. The Morgan fingerprint density at radius 1 is 1.46 bits per heavy atom. The van der Waals surface area contributed by atoms with Crippen LogP contribution in [-0.4, -0.2) is 48.2 Å². The molecule has 3 aliphatic rings. The number of piperidine rings is 1. The molecule has 0 spiro atoms. The topological polar surface area (TPSA) is 73.6 Å². The van der Waals surface area contributed by atoms with E-state index in [9.17, 15) is 9.18 Å². The number of hydrogen-bond acceptors (Lipinski definition) is 5. The molecule has 0 bridgehead atoms. The van der Waals surface area contributed by atoms with Crippen molar-refractivity contribution >= 4 is 5.91 Å². The molecule has 1 amide bonds. The molecule has 1 saturated carbocycles. The SMILES string of the molecule is C=C/C(C(=O)NC1CCN(C)CC1)=C1/NC(=C2CC2)C=C(C(C)F)N1N. The average Bonchev–Trinajstić information content (AvgIpc) is 3.44. The predicted molar refractivity (Wildman–Crippen MR) is 100.0 cm³/mol. The van der Waals surface area contributed by atoms with Crippen molar-refractivity contribution in [3.05, 3.63) is 47.1 Å². The number of nitrogens with one attached hydrogen (secondary N) is 2. The lowest BCUT2D eigenvalue weighted by Gasteiger charge is -2.33. The molecule has 3 rings (SSSR count). The fourth-order valence-corrected chi connectivity index (χ4v) is 3.31. The Morgan fingerprint density at radius 3 is 2.65 bits per heavy atom. The van der Waals surface area contributed by atoms with Gasteiger partial charge in [-0.25, -0.2) is 10.2 Å². The van der Waals surface area contributed by atoms with E-state index in [4.69, 9.17) is 5.84 Å². The van der Waals surface area contributed by atoms with E-state index in [0.29, 0.717) is 17.1 Å². The molecular weight excluding hydrogens is 333 g/mol. The molecule has 142 valence electrons. The minimum atomic E-state index is -1.24. The Balaban J connectivity index is 1.85. The number of rotatable bonds is 4. The lowest BCUT2D eigenvalue weighted by atomic mass is 10.0. The van der Waals surface area contributed by atoms with Gasteiger partial charge >= 0.3 is 0 Å². The lowest BCUT2D eigenvalue weighted by molar-refractivity contribution is -0.118. The summed E-state index contributed by atoms with van der Waals surface area (Å²) in [6, 6.07) is 0.125. The maximum Gasteiger partial charge on any atom is 0.255 e. The third kappa shape index (κ3) is 3.99. The predicted octanol–water partition coefficient (Wildman–Crippen LogP) is 1.66. The molecule has 1 unspecified atom stereocenters. The fraction of sp³-hybridized carbons (Fsp3) is 0.526.